The summed E-state index contributed by atoms with van der Waals surface area (Å²) in [7, 11) is 0. The van der Waals surface area contributed by atoms with Gasteiger partial charge in [0.15, 0.2) is 0 Å². The third-order valence-electron chi connectivity index (χ3n) is 5.36. The van der Waals surface area contributed by atoms with Gasteiger partial charge in [-0.05, 0) is 54.7 Å². The Kier molecular flexibility index (Phi) is 4.37. The van der Waals surface area contributed by atoms with Crippen LogP contribution < -0.4 is 5.32 Å². The average molecular weight is 292 g/mol. The summed E-state index contributed by atoms with van der Waals surface area (Å²) in [6, 6.07) is 9.13. The van der Waals surface area contributed by atoms with Crippen LogP contribution in [0.5, 0.6) is 0 Å². The molecule has 2 aliphatic carbocycles. The van der Waals surface area contributed by atoms with Crippen molar-refractivity contribution in [1.29, 1.82) is 0 Å². The lowest BCUT2D eigenvalue weighted by atomic mass is 9.73. The summed E-state index contributed by atoms with van der Waals surface area (Å²) in [6.07, 6.45) is 9.69. The van der Waals surface area contributed by atoms with Gasteiger partial charge in [0, 0.05) is 17.6 Å². The largest absolute Gasteiger partial charge is 0.313 e. The molecule has 0 radical (unpaired) electrons. The molecular formula is C18H26ClN. The summed E-state index contributed by atoms with van der Waals surface area (Å²) in [4.78, 5) is 0. The van der Waals surface area contributed by atoms with Gasteiger partial charge in [0.25, 0.3) is 0 Å². The van der Waals surface area contributed by atoms with Crippen molar-refractivity contribution in [3.05, 3.63) is 34.9 Å². The second-order valence-electron chi connectivity index (χ2n) is 7.17. The average Bonchev–Trinajstić information content (AvgIpc) is 2.40. The van der Waals surface area contributed by atoms with E-state index >= 15 is 0 Å². The molecule has 2 fully saturated rings. The summed E-state index contributed by atoms with van der Waals surface area (Å²) in [5, 5.41) is 4.66. The van der Waals surface area contributed by atoms with Crippen LogP contribution in [0.4, 0.5) is 0 Å². The van der Waals surface area contributed by atoms with Gasteiger partial charge in [-0.2, -0.15) is 0 Å². The molecule has 0 aliphatic heterocycles. The van der Waals surface area contributed by atoms with Gasteiger partial charge in [-0.25, -0.2) is 0 Å². The van der Waals surface area contributed by atoms with Crippen LogP contribution in [0.1, 0.15) is 63.4 Å². The number of hydrogen-bond donors (Lipinski definition) is 1. The van der Waals surface area contributed by atoms with Crippen molar-refractivity contribution in [2.24, 2.45) is 5.41 Å². The normalized spacial score (nSPS) is 28.9. The number of halogens is 1. The van der Waals surface area contributed by atoms with Crippen LogP contribution in [0.15, 0.2) is 24.3 Å². The van der Waals surface area contributed by atoms with Crippen molar-refractivity contribution in [3.8, 4) is 0 Å². The molecule has 3 rings (SSSR count). The fourth-order valence-electron chi connectivity index (χ4n) is 3.76. The van der Waals surface area contributed by atoms with Crippen LogP contribution in [0.2, 0.25) is 5.02 Å². The molecule has 20 heavy (non-hydrogen) atoms. The molecule has 1 nitrogen and oxygen atoms in total. The molecule has 1 N–H and O–H groups in total. The van der Waals surface area contributed by atoms with E-state index in [-0.39, 0.29) is 0 Å². The molecule has 0 bridgehead atoms. The fourth-order valence-corrected chi connectivity index (χ4v) is 3.89. The van der Waals surface area contributed by atoms with Crippen LogP contribution in [-0.2, 0) is 0 Å². The van der Waals surface area contributed by atoms with Crippen molar-refractivity contribution in [2.45, 2.75) is 63.8 Å². The Balaban J connectivity index is 1.43. The SMILES string of the molecule is CC1(CNC2CC(c3ccc(Cl)cc3)C2)CCCCC1. The van der Waals surface area contributed by atoms with E-state index in [1.165, 1.54) is 57.1 Å². The summed E-state index contributed by atoms with van der Waals surface area (Å²) in [5.74, 6) is 0.740. The fraction of sp³-hybridized carbons (Fsp3) is 0.667. The molecule has 0 unspecified atom stereocenters. The Morgan fingerprint density at radius 3 is 2.40 bits per heavy atom. The highest BCUT2D eigenvalue weighted by Crippen LogP contribution is 2.39. The number of nitrogens with one attached hydrogen (secondary N) is 1. The molecule has 0 atom stereocenters. The van der Waals surface area contributed by atoms with E-state index < -0.39 is 0 Å². The lowest BCUT2D eigenvalue weighted by molar-refractivity contribution is 0.178. The lowest BCUT2D eigenvalue weighted by Gasteiger charge is -2.40. The zero-order valence-corrected chi connectivity index (χ0v) is 13.3. The molecule has 0 aromatic heterocycles. The van der Waals surface area contributed by atoms with Crippen molar-refractivity contribution in [2.75, 3.05) is 6.54 Å². The highest BCUT2D eigenvalue weighted by molar-refractivity contribution is 6.30. The zero-order chi connectivity index (χ0) is 14.0. The maximum Gasteiger partial charge on any atom is 0.0406 e. The molecule has 0 saturated heterocycles. The van der Waals surface area contributed by atoms with Gasteiger partial charge >= 0.3 is 0 Å². The summed E-state index contributed by atoms with van der Waals surface area (Å²) < 4.78 is 0. The smallest absolute Gasteiger partial charge is 0.0406 e. The number of hydrogen-bond acceptors (Lipinski definition) is 1. The minimum absolute atomic E-state index is 0.559. The number of benzene rings is 1. The predicted molar refractivity (Wildman–Crippen MR) is 86.4 cm³/mol. The van der Waals surface area contributed by atoms with Crippen LogP contribution in [-0.4, -0.2) is 12.6 Å². The van der Waals surface area contributed by atoms with Gasteiger partial charge in [0.2, 0.25) is 0 Å². The quantitative estimate of drug-likeness (QED) is 0.809. The van der Waals surface area contributed by atoms with E-state index in [0.717, 1.165) is 17.0 Å². The second kappa shape index (κ2) is 6.07. The Morgan fingerprint density at radius 2 is 1.75 bits per heavy atom. The maximum atomic E-state index is 5.94. The van der Waals surface area contributed by atoms with Gasteiger partial charge in [0.05, 0.1) is 0 Å². The first-order valence-electron chi connectivity index (χ1n) is 8.13. The summed E-state index contributed by atoms with van der Waals surface area (Å²) in [6.45, 7) is 3.68. The molecule has 0 spiro atoms. The summed E-state index contributed by atoms with van der Waals surface area (Å²) >= 11 is 5.94. The Labute approximate surface area is 128 Å². The highest BCUT2D eigenvalue weighted by atomic mass is 35.5. The van der Waals surface area contributed by atoms with E-state index in [1.807, 2.05) is 12.1 Å². The maximum absolute atomic E-state index is 5.94. The molecule has 2 heteroatoms. The topological polar surface area (TPSA) is 12.0 Å². The Bertz CT molecular complexity index is 427. The van der Waals surface area contributed by atoms with Crippen molar-refractivity contribution in [3.63, 3.8) is 0 Å². The Morgan fingerprint density at radius 1 is 1.10 bits per heavy atom. The molecule has 2 saturated carbocycles. The molecule has 2 aliphatic rings. The second-order valence-corrected chi connectivity index (χ2v) is 7.61. The van der Waals surface area contributed by atoms with Crippen LogP contribution >= 0.6 is 11.6 Å². The number of rotatable bonds is 4. The molecule has 1 aromatic rings. The van der Waals surface area contributed by atoms with E-state index in [2.05, 4.69) is 24.4 Å². The third kappa shape index (κ3) is 3.38. The van der Waals surface area contributed by atoms with Crippen molar-refractivity contribution < 1.29 is 0 Å². The molecule has 0 amide bonds. The third-order valence-corrected chi connectivity index (χ3v) is 5.61. The van der Waals surface area contributed by atoms with Gasteiger partial charge in [0.1, 0.15) is 0 Å². The van der Waals surface area contributed by atoms with Gasteiger partial charge < -0.3 is 5.32 Å². The van der Waals surface area contributed by atoms with Crippen LogP contribution in [0.3, 0.4) is 0 Å². The first kappa shape index (κ1) is 14.4. The van der Waals surface area contributed by atoms with E-state index in [4.69, 9.17) is 11.6 Å². The zero-order valence-electron chi connectivity index (χ0n) is 12.5. The highest BCUT2D eigenvalue weighted by Gasteiger charge is 2.33. The first-order chi connectivity index (χ1) is 9.65. The predicted octanol–water partition coefficient (Wildman–Crippen LogP) is 5.15. The molecule has 110 valence electrons. The van der Waals surface area contributed by atoms with Gasteiger partial charge in [-0.3, -0.25) is 0 Å². The van der Waals surface area contributed by atoms with Crippen LogP contribution in [0.25, 0.3) is 0 Å². The Hall–Kier alpha value is -0.530. The molecule has 0 heterocycles. The van der Waals surface area contributed by atoms with Crippen molar-refractivity contribution >= 4 is 11.6 Å². The summed E-state index contributed by atoms with van der Waals surface area (Å²) in [5.41, 5.74) is 2.01. The first-order valence-corrected chi connectivity index (χ1v) is 8.51. The lowest BCUT2D eigenvalue weighted by Crippen LogP contribution is -2.45. The van der Waals surface area contributed by atoms with E-state index in [0.29, 0.717) is 5.41 Å². The van der Waals surface area contributed by atoms with Crippen LogP contribution in [0, 0.1) is 5.41 Å². The monoisotopic (exact) mass is 291 g/mol. The molecular weight excluding hydrogens is 266 g/mol. The van der Waals surface area contributed by atoms with Gasteiger partial charge in [-0.15, -0.1) is 0 Å². The molecule has 1 aromatic carbocycles. The van der Waals surface area contributed by atoms with E-state index in [1.54, 1.807) is 0 Å². The van der Waals surface area contributed by atoms with Gasteiger partial charge in [-0.1, -0.05) is 49.9 Å². The van der Waals surface area contributed by atoms with Crippen molar-refractivity contribution in [1.82, 2.24) is 5.32 Å². The van der Waals surface area contributed by atoms with E-state index in [9.17, 15) is 0 Å². The minimum Gasteiger partial charge on any atom is -0.313 e. The standard InChI is InChI=1S/C18H26ClN/c1-18(9-3-2-4-10-18)13-20-17-11-15(12-17)14-5-7-16(19)8-6-14/h5-8,15,17,20H,2-4,9-13H2,1H3. The minimum atomic E-state index is 0.559.